The van der Waals surface area contributed by atoms with Crippen LogP contribution in [0.15, 0.2) is 5.16 Å². The molecule has 0 bridgehead atoms. The molecule has 1 rings (SSSR count). The largest absolute Gasteiger partial charge is 0.411 e. The molecule has 1 N–H and O–H groups in total. The molecule has 11 heavy (non-hydrogen) atoms. The van der Waals surface area contributed by atoms with Crippen LogP contribution >= 0.6 is 0 Å². The van der Waals surface area contributed by atoms with Gasteiger partial charge in [-0.1, -0.05) is 0 Å². The van der Waals surface area contributed by atoms with E-state index < -0.39 is 5.79 Å². The molecule has 4 nitrogen and oxygen atoms in total. The van der Waals surface area contributed by atoms with Crippen LogP contribution in [0.4, 0.5) is 0 Å². The summed E-state index contributed by atoms with van der Waals surface area (Å²) in [5.74, 6) is -0.478. The topological polar surface area (TPSA) is 51.0 Å². The van der Waals surface area contributed by atoms with Gasteiger partial charge in [-0.05, 0) is 13.8 Å². The van der Waals surface area contributed by atoms with Crippen LogP contribution in [0.25, 0.3) is 0 Å². The molecule has 0 aromatic rings. The number of rotatable bonds is 2. The second kappa shape index (κ2) is 3.19. The summed E-state index contributed by atoms with van der Waals surface area (Å²) in [5, 5.41) is 11.0. The molecule has 0 aromatic heterocycles. The van der Waals surface area contributed by atoms with Gasteiger partial charge in [0.25, 0.3) is 0 Å². The smallest absolute Gasteiger partial charge is 0.163 e. The zero-order chi connectivity index (χ0) is 8.32. The molecule has 1 saturated heterocycles. The Labute approximate surface area is 65.8 Å². The Balaban J connectivity index is 2.30. The zero-order valence-electron chi connectivity index (χ0n) is 6.78. The SMILES string of the molecule is CC1(C)OCC(CC=NO)O1. The summed E-state index contributed by atoms with van der Waals surface area (Å²) in [7, 11) is 0. The Morgan fingerprint density at radius 2 is 2.45 bits per heavy atom. The van der Waals surface area contributed by atoms with E-state index in [9.17, 15) is 0 Å². The van der Waals surface area contributed by atoms with E-state index in [-0.39, 0.29) is 6.10 Å². The molecule has 64 valence electrons. The van der Waals surface area contributed by atoms with Crippen molar-refractivity contribution < 1.29 is 14.7 Å². The van der Waals surface area contributed by atoms with Crippen molar-refractivity contribution in [2.45, 2.75) is 32.2 Å². The summed E-state index contributed by atoms with van der Waals surface area (Å²) in [6.07, 6.45) is 2.04. The van der Waals surface area contributed by atoms with E-state index in [1.165, 1.54) is 6.21 Å². The molecule has 0 spiro atoms. The third kappa shape index (κ3) is 2.48. The highest BCUT2D eigenvalue weighted by Gasteiger charge is 2.31. The van der Waals surface area contributed by atoms with Crippen LogP contribution in [0.2, 0.25) is 0 Å². The van der Waals surface area contributed by atoms with Crippen molar-refractivity contribution in [1.29, 1.82) is 0 Å². The van der Waals surface area contributed by atoms with Crippen LogP contribution in [0.1, 0.15) is 20.3 Å². The molecule has 0 saturated carbocycles. The van der Waals surface area contributed by atoms with Gasteiger partial charge >= 0.3 is 0 Å². The maximum atomic E-state index is 8.13. The van der Waals surface area contributed by atoms with Crippen LogP contribution in [-0.4, -0.2) is 29.9 Å². The first kappa shape index (κ1) is 8.49. The molecule has 1 aliphatic rings. The molecular formula is C7H13NO3. The third-order valence-electron chi connectivity index (χ3n) is 1.52. The highest BCUT2D eigenvalue weighted by Crippen LogP contribution is 2.23. The van der Waals surface area contributed by atoms with E-state index in [0.717, 1.165) is 0 Å². The molecule has 0 aromatic carbocycles. The van der Waals surface area contributed by atoms with Gasteiger partial charge in [-0.15, -0.1) is 5.16 Å². The predicted molar refractivity (Wildman–Crippen MR) is 39.8 cm³/mol. The molecule has 1 aliphatic heterocycles. The minimum Gasteiger partial charge on any atom is -0.411 e. The number of hydrogen-bond donors (Lipinski definition) is 1. The summed E-state index contributed by atoms with van der Waals surface area (Å²) in [4.78, 5) is 0. The number of oxime groups is 1. The average molecular weight is 159 g/mol. The maximum Gasteiger partial charge on any atom is 0.163 e. The Morgan fingerprint density at radius 3 is 2.91 bits per heavy atom. The molecular weight excluding hydrogens is 146 g/mol. The Bertz CT molecular complexity index is 156. The summed E-state index contributed by atoms with van der Waals surface area (Å²) in [6.45, 7) is 4.30. The van der Waals surface area contributed by atoms with Gasteiger partial charge in [-0.3, -0.25) is 0 Å². The second-order valence-corrected chi connectivity index (χ2v) is 2.98. The molecule has 0 aliphatic carbocycles. The van der Waals surface area contributed by atoms with Crippen LogP contribution < -0.4 is 0 Å². The van der Waals surface area contributed by atoms with Crippen molar-refractivity contribution >= 4 is 6.21 Å². The molecule has 1 fully saturated rings. The van der Waals surface area contributed by atoms with E-state index >= 15 is 0 Å². The zero-order valence-corrected chi connectivity index (χ0v) is 6.78. The fraction of sp³-hybridized carbons (Fsp3) is 0.857. The highest BCUT2D eigenvalue weighted by molar-refractivity contribution is 5.56. The van der Waals surface area contributed by atoms with E-state index in [1.54, 1.807) is 0 Å². The lowest BCUT2D eigenvalue weighted by Crippen LogP contribution is -2.21. The number of hydrogen-bond acceptors (Lipinski definition) is 4. The van der Waals surface area contributed by atoms with Crippen molar-refractivity contribution in [1.82, 2.24) is 0 Å². The van der Waals surface area contributed by atoms with Crippen LogP contribution in [0.3, 0.4) is 0 Å². The minimum atomic E-state index is -0.478. The molecule has 4 heteroatoms. The lowest BCUT2D eigenvalue weighted by Gasteiger charge is -2.16. The summed E-state index contributed by atoms with van der Waals surface area (Å²) < 4.78 is 10.7. The quantitative estimate of drug-likeness (QED) is 0.371. The predicted octanol–water partition coefficient (Wildman–Crippen LogP) is 0.988. The molecule has 1 heterocycles. The molecule has 1 unspecified atom stereocenters. The first-order valence-electron chi connectivity index (χ1n) is 3.62. The van der Waals surface area contributed by atoms with Crippen LogP contribution in [0, 0.1) is 0 Å². The van der Waals surface area contributed by atoms with Crippen molar-refractivity contribution in [2.75, 3.05) is 6.61 Å². The monoisotopic (exact) mass is 159 g/mol. The molecule has 1 atom stereocenters. The van der Waals surface area contributed by atoms with Crippen molar-refractivity contribution in [3.63, 3.8) is 0 Å². The fourth-order valence-electron chi connectivity index (χ4n) is 1.04. The van der Waals surface area contributed by atoms with E-state index in [4.69, 9.17) is 14.7 Å². The first-order chi connectivity index (χ1) is 5.14. The van der Waals surface area contributed by atoms with Crippen LogP contribution in [-0.2, 0) is 9.47 Å². The van der Waals surface area contributed by atoms with Gasteiger partial charge in [0.15, 0.2) is 5.79 Å². The molecule has 0 radical (unpaired) electrons. The normalized spacial score (nSPS) is 29.8. The van der Waals surface area contributed by atoms with E-state index in [1.807, 2.05) is 13.8 Å². The van der Waals surface area contributed by atoms with Crippen LogP contribution in [0.5, 0.6) is 0 Å². The average Bonchev–Trinajstić information content (AvgIpc) is 2.26. The van der Waals surface area contributed by atoms with Crippen molar-refractivity contribution in [3.05, 3.63) is 0 Å². The third-order valence-corrected chi connectivity index (χ3v) is 1.52. The summed E-state index contributed by atoms with van der Waals surface area (Å²) in [5.41, 5.74) is 0. The van der Waals surface area contributed by atoms with Gasteiger partial charge in [0, 0.05) is 12.6 Å². The highest BCUT2D eigenvalue weighted by atomic mass is 16.7. The van der Waals surface area contributed by atoms with Gasteiger partial charge in [-0.2, -0.15) is 0 Å². The Kier molecular flexibility index (Phi) is 2.46. The minimum absolute atomic E-state index is 0.0286. The lowest BCUT2D eigenvalue weighted by atomic mass is 10.3. The first-order valence-corrected chi connectivity index (χ1v) is 3.62. The fourth-order valence-corrected chi connectivity index (χ4v) is 1.04. The van der Waals surface area contributed by atoms with E-state index in [0.29, 0.717) is 13.0 Å². The van der Waals surface area contributed by atoms with E-state index in [2.05, 4.69) is 5.16 Å². The Hall–Kier alpha value is -0.610. The second-order valence-electron chi connectivity index (χ2n) is 2.98. The van der Waals surface area contributed by atoms with Gasteiger partial charge in [0.1, 0.15) is 0 Å². The lowest BCUT2D eigenvalue weighted by molar-refractivity contribution is -0.137. The standard InChI is InChI=1S/C7H13NO3/c1-7(2)10-5-6(11-7)3-4-8-9/h4,6,9H,3,5H2,1-2H3. The van der Waals surface area contributed by atoms with Crippen molar-refractivity contribution in [2.24, 2.45) is 5.16 Å². The summed E-state index contributed by atoms with van der Waals surface area (Å²) in [6, 6.07) is 0. The number of nitrogens with zero attached hydrogens (tertiary/aromatic N) is 1. The van der Waals surface area contributed by atoms with Gasteiger partial charge in [-0.25, -0.2) is 0 Å². The number of ether oxygens (including phenoxy) is 2. The van der Waals surface area contributed by atoms with Gasteiger partial charge in [0.2, 0.25) is 0 Å². The van der Waals surface area contributed by atoms with Gasteiger partial charge < -0.3 is 14.7 Å². The Morgan fingerprint density at radius 1 is 1.73 bits per heavy atom. The maximum absolute atomic E-state index is 8.13. The molecule has 0 amide bonds. The summed E-state index contributed by atoms with van der Waals surface area (Å²) >= 11 is 0. The van der Waals surface area contributed by atoms with Gasteiger partial charge in [0.05, 0.1) is 12.7 Å². The van der Waals surface area contributed by atoms with Crippen molar-refractivity contribution in [3.8, 4) is 0 Å².